The van der Waals surface area contributed by atoms with E-state index < -0.39 is 0 Å². The minimum Gasteiger partial charge on any atom is -0.489 e. The van der Waals surface area contributed by atoms with Gasteiger partial charge in [-0.1, -0.05) is 30.3 Å². The number of rotatable bonds is 5. The van der Waals surface area contributed by atoms with E-state index in [4.69, 9.17) is 10.5 Å². The largest absolute Gasteiger partial charge is 0.489 e. The molecule has 2 aromatic carbocycles. The maximum absolute atomic E-state index is 5.76. The molecule has 0 saturated carbocycles. The molecule has 0 radical (unpaired) electrons. The van der Waals surface area contributed by atoms with E-state index in [2.05, 4.69) is 9.97 Å². The molecular formula is C17H17N3O. The first-order valence-electron chi connectivity index (χ1n) is 6.86. The van der Waals surface area contributed by atoms with Crippen molar-refractivity contribution in [2.45, 2.75) is 13.2 Å². The summed E-state index contributed by atoms with van der Waals surface area (Å²) in [6, 6.07) is 18.0. The third-order valence-electron chi connectivity index (χ3n) is 3.24. The number of benzene rings is 2. The molecule has 0 unspecified atom stereocenters. The van der Waals surface area contributed by atoms with Gasteiger partial charge in [0.2, 0.25) is 0 Å². The van der Waals surface area contributed by atoms with Crippen molar-refractivity contribution in [2.75, 3.05) is 0 Å². The van der Waals surface area contributed by atoms with Crippen molar-refractivity contribution in [3.8, 4) is 17.0 Å². The molecule has 1 aromatic heterocycles. The molecule has 0 atom stereocenters. The predicted molar refractivity (Wildman–Crippen MR) is 82.7 cm³/mol. The Morgan fingerprint density at radius 2 is 1.76 bits per heavy atom. The predicted octanol–water partition coefficient (Wildman–Crippen LogP) is 3.11. The van der Waals surface area contributed by atoms with Crippen molar-refractivity contribution >= 4 is 0 Å². The molecule has 1 heterocycles. The zero-order valence-electron chi connectivity index (χ0n) is 11.6. The summed E-state index contributed by atoms with van der Waals surface area (Å²) in [5.74, 6) is 1.63. The quantitative estimate of drug-likeness (QED) is 0.754. The van der Waals surface area contributed by atoms with Gasteiger partial charge >= 0.3 is 0 Å². The molecule has 4 heteroatoms. The Balaban J connectivity index is 1.66. The van der Waals surface area contributed by atoms with Crippen molar-refractivity contribution in [3.63, 3.8) is 0 Å². The van der Waals surface area contributed by atoms with E-state index in [-0.39, 0.29) is 0 Å². The summed E-state index contributed by atoms with van der Waals surface area (Å²) in [5, 5.41) is 0. The lowest BCUT2D eigenvalue weighted by Gasteiger charge is -2.06. The number of nitrogens with zero attached hydrogens (tertiary/aromatic N) is 1. The summed E-state index contributed by atoms with van der Waals surface area (Å²) in [7, 11) is 0. The Morgan fingerprint density at radius 3 is 2.43 bits per heavy atom. The number of nitrogens with two attached hydrogens (primary N) is 1. The molecule has 0 fully saturated rings. The molecule has 0 saturated heterocycles. The Labute approximate surface area is 123 Å². The van der Waals surface area contributed by atoms with E-state index in [1.165, 1.54) is 0 Å². The second kappa shape index (κ2) is 6.24. The molecule has 0 aliphatic heterocycles. The van der Waals surface area contributed by atoms with Crippen molar-refractivity contribution in [1.82, 2.24) is 9.97 Å². The Morgan fingerprint density at radius 1 is 1.00 bits per heavy atom. The smallest absolute Gasteiger partial charge is 0.120 e. The summed E-state index contributed by atoms with van der Waals surface area (Å²) in [5.41, 5.74) is 8.73. The highest BCUT2D eigenvalue weighted by Crippen LogP contribution is 2.21. The molecule has 0 spiro atoms. The number of aromatic nitrogens is 2. The molecule has 3 aromatic rings. The fraction of sp³-hybridized carbons (Fsp3) is 0.118. The van der Waals surface area contributed by atoms with Crippen LogP contribution in [-0.2, 0) is 13.2 Å². The van der Waals surface area contributed by atoms with Gasteiger partial charge in [-0.15, -0.1) is 0 Å². The van der Waals surface area contributed by atoms with Crippen LogP contribution in [0.25, 0.3) is 11.3 Å². The lowest BCUT2D eigenvalue weighted by atomic mass is 10.1. The Bertz CT molecular complexity index is 690. The highest BCUT2D eigenvalue weighted by atomic mass is 16.5. The maximum atomic E-state index is 5.76. The van der Waals surface area contributed by atoms with Crippen LogP contribution in [0.5, 0.6) is 5.75 Å². The summed E-state index contributed by atoms with van der Waals surface area (Å²) >= 11 is 0. The number of ether oxygens (including phenoxy) is 1. The molecule has 0 aliphatic rings. The SMILES string of the molecule is NCc1ncc(-c2ccc(OCc3ccccc3)cc2)[nH]1. The van der Waals surface area contributed by atoms with Gasteiger partial charge in [-0.05, 0) is 35.4 Å². The van der Waals surface area contributed by atoms with Crippen LogP contribution >= 0.6 is 0 Å². The van der Waals surface area contributed by atoms with Crippen LogP contribution in [0.2, 0.25) is 0 Å². The zero-order valence-corrected chi connectivity index (χ0v) is 11.6. The summed E-state index contributed by atoms with van der Waals surface area (Å²) in [6.07, 6.45) is 1.79. The Hall–Kier alpha value is -2.59. The molecule has 0 bridgehead atoms. The van der Waals surface area contributed by atoms with E-state index >= 15 is 0 Å². The third kappa shape index (κ3) is 3.30. The fourth-order valence-electron chi connectivity index (χ4n) is 2.08. The monoisotopic (exact) mass is 279 g/mol. The number of imidazole rings is 1. The number of nitrogens with one attached hydrogen (secondary N) is 1. The van der Waals surface area contributed by atoms with Gasteiger partial charge in [-0.2, -0.15) is 0 Å². The normalized spacial score (nSPS) is 10.5. The van der Waals surface area contributed by atoms with Gasteiger partial charge in [0.1, 0.15) is 18.2 Å². The van der Waals surface area contributed by atoms with E-state index in [0.29, 0.717) is 13.2 Å². The van der Waals surface area contributed by atoms with Crippen molar-refractivity contribution in [2.24, 2.45) is 5.73 Å². The minimum absolute atomic E-state index is 0.415. The number of hydrogen-bond donors (Lipinski definition) is 2. The molecule has 21 heavy (non-hydrogen) atoms. The van der Waals surface area contributed by atoms with Crippen LogP contribution in [0.15, 0.2) is 60.8 Å². The highest BCUT2D eigenvalue weighted by molar-refractivity contribution is 5.59. The summed E-state index contributed by atoms with van der Waals surface area (Å²) in [6.45, 7) is 0.986. The molecule has 0 amide bonds. The average molecular weight is 279 g/mol. The van der Waals surface area contributed by atoms with Crippen LogP contribution in [0.3, 0.4) is 0 Å². The number of aromatic amines is 1. The van der Waals surface area contributed by atoms with Crippen molar-refractivity contribution < 1.29 is 4.74 Å². The number of hydrogen-bond acceptors (Lipinski definition) is 3. The van der Waals surface area contributed by atoms with Crippen molar-refractivity contribution in [1.29, 1.82) is 0 Å². The second-order valence-electron chi connectivity index (χ2n) is 4.75. The molecule has 0 aliphatic carbocycles. The first-order valence-corrected chi connectivity index (χ1v) is 6.86. The van der Waals surface area contributed by atoms with Gasteiger partial charge in [0.05, 0.1) is 18.4 Å². The molecule has 106 valence electrons. The van der Waals surface area contributed by atoms with Crippen LogP contribution in [0.4, 0.5) is 0 Å². The first-order chi connectivity index (χ1) is 10.3. The highest BCUT2D eigenvalue weighted by Gasteiger charge is 2.03. The van der Waals surface area contributed by atoms with Gasteiger partial charge < -0.3 is 15.5 Å². The van der Waals surface area contributed by atoms with Gasteiger partial charge in [0.25, 0.3) is 0 Å². The lowest BCUT2D eigenvalue weighted by molar-refractivity contribution is 0.306. The molecular weight excluding hydrogens is 262 g/mol. The molecule has 3 N–H and O–H groups in total. The van der Waals surface area contributed by atoms with E-state index in [1.54, 1.807) is 6.20 Å². The first kappa shape index (κ1) is 13.4. The Kier molecular flexibility index (Phi) is 3.98. The van der Waals surface area contributed by atoms with E-state index in [9.17, 15) is 0 Å². The lowest BCUT2D eigenvalue weighted by Crippen LogP contribution is -1.97. The standard InChI is InChI=1S/C17H17N3O/c18-10-17-19-11-16(20-17)14-6-8-15(9-7-14)21-12-13-4-2-1-3-5-13/h1-9,11H,10,12,18H2,(H,19,20). The van der Waals surface area contributed by atoms with E-state index in [0.717, 1.165) is 28.4 Å². The topological polar surface area (TPSA) is 63.9 Å². The maximum Gasteiger partial charge on any atom is 0.120 e. The zero-order chi connectivity index (χ0) is 14.5. The van der Waals surface area contributed by atoms with Gasteiger partial charge in [0, 0.05) is 0 Å². The van der Waals surface area contributed by atoms with Crippen LogP contribution < -0.4 is 10.5 Å². The average Bonchev–Trinajstić information content (AvgIpc) is 3.03. The fourth-order valence-corrected chi connectivity index (χ4v) is 2.08. The van der Waals surface area contributed by atoms with Crippen LogP contribution in [-0.4, -0.2) is 9.97 Å². The summed E-state index contributed by atoms with van der Waals surface area (Å²) < 4.78 is 5.76. The minimum atomic E-state index is 0.415. The number of H-pyrrole nitrogens is 1. The van der Waals surface area contributed by atoms with Gasteiger partial charge in [-0.25, -0.2) is 4.98 Å². The van der Waals surface area contributed by atoms with Crippen molar-refractivity contribution in [3.05, 3.63) is 72.2 Å². The molecule has 4 nitrogen and oxygen atoms in total. The summed E-state index contributed by atoms with van der Waals surface area (Å²) in [4.78, 5) is 7.38. The molecule has 3 rings (SSSR count). The van der Waals surface area contributed by atoms with Gasteiger partial charge in [-0.3, -0.25) is 0 Å². The van der Waals surface area contributed by atoms with Crippen LogP contribution in [0.1, 0.15) is 11.4 Å². The van der Waals surface area contributed by atoms with E-state index in [1.807, 2.05) is 54.6 Å². The van der Waals surface area contributed by atoms with Gasteiger partial charge in [0.15, 0.2) is 0 Å². The van der Waals surface area contributed by atoms with Crippen LogP contribution in [0, 0.1) is 0 Å². The second-order valence-corrected chi connectivity index (χ2v) is 4.75. The third-order valence-corrected chi connectivity index (χ3v) is 3.24.